The number of rotatable bonds is 0. The van der Waals surface area contributed by atoms with Crippen LogP contribution in [0, 0.1) is 0 Å². The van der Waals surface area contributed by atoms with E-state index in [0.717, 1.165) is 6.08 Å². The van der Waals surface area contributed by atoms with Crippen LogP contribution >= 0.6 is 0 Å². The zero-order chi connectivity index (χ0) is 10.1. The Hall–Kier alpha value is -1.42. The van der Waals surface area contributed by atoms with Crippen molar-refractivity contribution in [1.82, 2.24) is 0 Å². The van der Waals surface area contributed by atoms with Crippen molar-refractivity contribution < 1.29 is 19.1 Å². The van der Waals surface area contributed by atoms with Gasteiger partial charge >= 0.3 is 5.97 Å². The predicted molar refractivity (Wildman–Crippen MR) is 47.5 cm³/mol. The number of carbonyl (C=O) groups is 2. The minimum Gasteiger partial charge on any atom is -0.457 e. The number of allylic oxidation sites excluding steroid dienone is 2. The highest BCUT2D eigenvalue weighted by Gasteiger charge is 2.43. The molecule has 2 rings (SSSR count). The van der Waals surface area contributed by atoms with Crippen LogP contribution in [-0.2, 0) is 19.1 Å². The Labute approximate surface area is 81.2 Å². The Morgan fingerprint density at radius 2 is 2.00 bits per heavy atom. The number of hydrogen-bond acceptors (Lipinski definition) is 4. The first kappa shape index (κ1) is 9.15. The van der Waals surface area contributed by atoms with E-state index in [1.807, 2.05) is 0 Å². The van der Waals surface area contributed by atoms with Gasteiger partial charge in [0.25, 0.3) is 0 Å². The van der Waals surface area contributed by atoms with Crippen LogP contribution < -0.4 is 0 Å². The zero-order valence-corrected chi connectivity index (χ0v) is 7.67. The molecule has 0 aromatic rings. The molecule has 0 saturated carbocycles. The highest BCUT2D eigenvalue weighted by Crippen LogP contribution is 2.28. The van der Waals surface area contributed by atoms with E-state index in [1.165, 1.54) is 12.2 Å². The van der Waals surface area contributed by atoms with E-state index in [1.54, 1.807) is 13.0 Å². The number of ketones is 1. The van der Waals surface area contributed by atoms with Gasteiger partial charge < -0.3 is 9.47 Å². The van der Waals surface area contributed by atoms with E-state index in [2.05, 4.69) is 0 Å². The van der Waals surface area contributed by atoms with Gasteiger partial charge in [-0.1, -0.05) is 0 Å². The van der Waals surface area contributed by atoms with Crippen molar-refractivity contribution in [2.45, 2.75) is 25.2 Å². The van der Waals surface area contributed by atoms with E-state index in [0.29, 0.717) is 0 Å². The summed E-state index contributed by atoms with van der Waals surface area (Å²) in [4.78, 5) is 22.1. The van der Waals surface area contributed by atoms with Crippen molar-refractivity contribution in [2.24, 2.45) is 0 Å². The molecule has 0 aliphatic carbocycles. The standard InChI is InChI=1S/C10H10O4/c1-6-10-8(14-10)4-2-7(11)3-5-9(12)13-6/h2-6,8,10H,1H3/b4-2?,5-3-/t6-,8-,10+/m1/s1. The molecule has 14 heavy (non-hydrogen) atoms. The second-order valence-electron chi connectivity index (χ2n) is 3.30. The third kappa shape index (κ3) is 1.90. The first-order valence-corrected chi connectivity index (χ1v) is 4.43. The number of carbonyl (C=O) groups excluding carboxylic acids is 2. The summed E-state index contributed by atoms with van der Waals surface area (Å²) in [5.74, 6) is -0.735. The van der Waals surface area contributed by atoms with Gasteiger partial charge in [0, 0.05) is 6.08 Å². The Balaban J connectivity index is 2.15. The number of cyclic esters (lactones) is 1. The maximum atomic E-state index is 11.1. The lowest BCUT2D eigenvalue weighted by Gasteiger charge is -2.08. The summed E-state index contributed by atoms with van der Waals surface area (Å²) in [6.07, 6.45) is 4.96. The molecule has 1 fully saturated rings. The highest BCUT2D eigenvalue weighted by atomic mass is 16.6. The second-order valence-corrected chi connectivity index (χ2v) is 3.30. The number of ether oxygens (including phenoxy) is 2. The predicted octanol–water partition coefficient (Wildman–Crippen LogP) is 0.381. The molecule has 0 bridgehead atoms. The average Bonchev–Trinajstić information content (AvgIpc) is 2.89. The van der Waals surface area contributed by atoms with Gasteiger partial charge in [0.1, 0.15) is 18.3 Å². The van der Waals surface area contributed by atoms with Crippen LogP contribution in [0.5, 0.6) is 0 Å². The smallest absolute Gasteiger partial charge is 0.331 e. The normalized spacial score (nSPS) is 38.5. The van der Waals surface area contributed by atoms with Gasteiger partial charge in [0.2, 0.25) is 0 Å². The van der Waals surface area contributed by atoms with E-state index in [4.69, 9.17) is 9.47 Å². The Kier molecular flexibility index (Phi) is 2.21. The van der Waals surface area contributed by atoms with Gasteiger partial charge in [-0.2, -0.15) is 0 Å². The summed E-state index contributed by atoms with van der Waals surface area (Å²) in [6.45, 7) is 1.77. The van der Waals surface area contributed by atoms with Crippen LogP contribution in [0.2, 0.25) is 0 Å². The Bertz CT molecular complexity index is 329. The third-order valence-corrected chi connectivity index (χ3v) is 2.16. The minimum absolute atomic E-state index is 0.0896. The van der Waals surface area contributed by atoms with Crippen LogP contribution in [0.1, 0.15) is 6.92 Å². The van der Waals surface area contributed by atoms with Crippen LogP contribution in [0.4, 0.5) is 0 Å². The summed E-state index contributed by atoms with van der Waals surface area (Å²) in [7, 11) is 0. The average molecular weight is 194 g/mol. The van der Waals surface area contributed by atoms with Gasteiger partial charge in [0.15, 0.2) is 5.78 Å². The van der Waals surface area contributed by atoms with Crippen molar-refractivity contribution in [3.8, 4) is 0 Å². The summed E-state index contributed by atoms with van der Waals surface area (Å²) in [5.41, 5.74) is 0. The van der Waals surface area contributed by atoms with Gasteiger partial charge in [-0.3, -0.25) is 4.79 Å². The molecule has 2 aliphatic rings. The Morgan fingerprint density at radius 1 is 1.21 bits per heavy atom. The molecule has 1 saturated heterocycles. The van der Waals surface area contributed by atoms with Crippen molar-refractivity contribution in [2.75, 3.05) is 0 Å². The minimum atomic E-state index is -0.504. The maximum absolute atomic E-state index is 11.1. The van der Waals surface area contributed by atoms with Gasteiger partial charge in [-0.15, -0.1) is 0 Å². The summed E-state index contributed by atoms with van der Waals surface area (Å²) in [5, 5.41) is 0. The quantitative estimate of drug-likeness (QED) is 0.413. The topological polar surface area (TPSA) is 55.9 Å². The number of hydrogen-bond donors (Lipinski definition) is 0. The molecule has 0 aromatic heterocycles. The molecule has 2 aliphatic heterocycles. The van der Waals surface area contributed by atoms with E-state index in [-0.39, 0.29) is 24.1 Å². The molecular formula is C10H10O4. The van der Waals surface area contributed by atoms with Crippen molar-refractivity contribution >= 4 is 11.8 Å². The van der Waals surface area contributed by atoms with Gasteiger partial charge in [-0.25, -0.2) is 4.79 Å². The zero-order valence-electron chi connectivity index (χ0n) is 7.67. The van der Waals surface area contributed by atoms with Crippen molar-refractivity contribution in [1.29, 1.82) is 0 Å². The lowest BCUT2D eigenvalue weighted by molar-refractivity contribution is -0.143. The molecule has 3 atom stereocenters. The van der Waals surface area contributed by atoms with Crippen molar-refractivity contribution in [3.05, 3.63) is 24.3 Å². The molecule has 0 N–H and O–H groups in total. The Morgan fingerprint density at radius 3 is 2.79 bits per heavy atom. The van der Waals surface area contributed by atoms with E-state index < -0.39 is 5.97 Å². The lowest BCUT2D eigenvalue weighted by Crippen LogP contribution is -2.21. The molecule has 4 heteroatoms. The molecule has 0 unspecified atom stereocenters. The first-order valence-electron chi connectivity index (χ1n) is 4.43. The summed E-state index contributed by atoms with van der Waals surface area (Å²) in [6, 6.07) is 0. The largest absolute Gasteiger partial charge is 0.457 e. The SMILES string of the molecule is C[C@H]1OC(=O)/C=C\C(=O)C=C[C@H]2O[C@@H]12. The molecule has 0 spiro atoms. The molecule has 74 valence electrons. The van der Waals surface area contributed by atoms with Gasteiger partial charge in [-0.05, 0) is 25.2 Å². The van der Waals surface area contributed by atoms with Crippen molar-refractivity contribution in [3.63, 3.8) is 0 Å². The van der Waals surface area contributed by atoms with E-state index >= 15 is 0 Å². The van der Waals surface area contributed by atoms with Crippen LogP contribution in [-0.4, -0.2) is 30.1 Å². The summed E-state index contributed by atoms with van der Waals surface area (Å²) < 4.78 is 10.2. The molecule has 2 heterocycles. The molecule has 0 aromatic carbocycles. The molecule has 4 nitrogen and oxygen atoms in total. The molecule has 0 radical (unpaired) electrons. The van der Waals surface area contributed by atoms with Gasteiger partial charge in [0.05, 0.1) is 0 Å². The fourth-order valence-electron chi connectivity index (χ4n) is 1.35. The van der Waals surface area contributed by atoms with Crippen LogP contribution in [0.25, 0.3) is 0 Å². The fourth-order valence-corrected chi connectivity index (χ4v) is 1.35. The number of esters is 1. The summed E-state index contributed by atoms with van der Waals surface area (Å²) >= 11 is 0. The highest BCUT2D eigenvalue weighted by molar-refractivity contribution is 6.02. The number of fused-ring (bicyclic) bond motifs is 1. The first-order chi connectivity index (χ1) is 6.66. The van der Waals surface area contributed by atoms with Crippen LogP contribution in [0.3, 0.4) is 0 Å². The maximum Gasteiger partial charge on any atom is 0.331 e. The molecular weight excluding hydrogens is 184 g/mol. The fraction of sp³-hybridized carbons (Fsp3) is 0.400. The monoisotopic (exact) mass is 194 g/mol. The van der Waals surface area contributed by atoms with Crippen LogP contribution in [0.15, 0.2) is 24.3 Å². The lowest BCUT2D eigenvalue weighted by atomic mass is 10.2. The molecule has 0 amide bonds. The second kappa shape index (κ2) is 3.38. The number of epoxide rings is 1. The van der Waals surface area contributed by atoms with E-state index in [9.17, 15) is 9.59 Å². The third-order valence-electron chi connectivity index (χ3n) is 2.16.